The quantitative estimate of drug-likeness (QED) is 0.740. The smallest absolute Gasteiger partial charge is 0.138 e. The van der Waals surface area contributed by atoms with Crippen molar-refractivity contribution >= 4 is 23.2 Å². The van der Waals surface area contributed by atoms with Crippen molar-refractivity contribution in [1.29, 1.82) is 0 Å². The van der Waals surface area contributed by atoms with Gasteiger partial charge in [0.25, 0.3) is 0 Å². The molecule has 0 unspecified atom stereocenters. The number of nitrogens with one attached hydrogen (secondary N) is 1. The van der Waals surface area contributed by atoms with Crippen LogP contribution in [0, 0.1) is 0 Å². The lowest BCUT2D eigenvalue weighted by Gasteiger charge is -2.10. The van der Waals surface area contributed by atoms with Crippen molar-refractivity contribution in [2.24, 2.45) is 0 Å². The van der Waals surface area contributed by atoms with Gasteiger partial charge in [-0.3, -0.25) is 0 Å². The Bertz CT molecular complexity index is 596. The minimum atomic E-state index is 0.561. The van der Waals surface area contributed by atoms with Crippen LogP contribution in [0.5, 0.6) is 5.75 Å². The second-order valence-corrected chi connectivity index (χ2v) is 5.65. The number of hydrogen-bond acceptors (Lipinski definition) is 2. The van der Waals surface area contributed by atoms with Crippen molar-refractivity contribution in [1.82, 2.24) is 5.32 Å². The van der Waals surface area contributed by atoms with Crippen LogP contribution in [0.25, 0.3) is 11.1 Å². The fraction of sp³-hybridized carbons (Fsp3) is 0.294. The van der Waals surface area contributed by atoms with Gasteiger partial charge >= 0.3 is 0 Å². The second kappa shape index (κ2) is 7.69. The molecule has 0 radical (unpaired) electrons. The topological polar surface area (TPSA) is 21.3 Å². The van der Waals surface area contributed by atoms with Gasteiger partial charge in [-0.2, -0.15) is 0 Å². The Morgan fingerprint density at radius 1 is 1.05 bits per heavy atom. The van der Waals surface area contributed by atoms with Gasteiger partial charge in [-0.25, -0.2) is 0 Å². The molecule has 0 atom stereocenters. The van der Waals surface area contributed by atoms with E-state index in [0.717, 1.165) is 30.6 Å². The number of rotatable bonds is 6. The SMILES string of the molecule is CCCNCc1ccc(-c2cc(Cl)c(OC)cc2Cl)cc1. The largest absolute Gasteiger partial charge is 0.495 e. The molecule has 1 N–H and O–H groups in total. The molecule has 0 amide bonds. The molecular weight excluding hydrogens is 305 g/mol. The Hall–Kier alpha value is -1.22. The van der Waals surface area contributed by atoms with Crippen LogP contribution < -0.4 is 10.1 Å². The van der Waals surface area contributed by atoms with E-state index in [0.29, 0.717) is 15.8 Å². The maximum absolute atomic E-state index is 6.31. The molecule has 0 fully saturated rings. The van der Waals surface area contributed by atoms with Crippen molar-refractivity contribution in [2.75, 3.05) is 13.7 Å². The Balaban J connectivity index is 2.20. The van der Waals surface area contributed by atoms with Gasteiger partial charge in [0, 0.05) is 18.2 Å². The highest BCUT2D eigenvalue weighted by Crippen LogP contribution is 2.36. The van der Waals surface area contributed by atoms with Gasteiger partial charge in [0.15, 0.2) is 0 Å². The molecule has 21 heavy (non-hydrogen) atoms. The van der Waals surface area contributed by atoms with Crippen LogP contribution >= 0.6 is 23.2 Å². The number of ether oxygens (including phenoxy) is 1. The summed E-state index contributed by atoms with van der Waals surface area (Å²) in [5.41, 5.74) is 3.21. The van der Waals surface area contributed by atoms with Gasteiger partial charge < -0.3 is 10.1 Å². The molecule has 0 aliphatic heterocycles. The predicted molar refractivity (Wildman–Crippen MR) is 90.4 cm³/mol. The molecule has 0 aromatic heterocycles. The lowest BCUT2D eigenvalue weighted by atomic mass is 10.0. The predicted octanol–water partition coefficient (Wildman–Crippen LogP) is 5.17. The number of benzene rings is 2. The Kier molecular flexibility index (Phi) is 5.92. The van der Waals surface area contributed by atoms with E-state index in [9.17, 15) is 0 Å². The molecule has 2 aromatic rings. The van der Waals surface area contributed by atoms with E-state index >= 15 is 0 Å². The summed E-state index contributed by atoms with van der Waals surface area (Å²) < 4.78 is 5.17. The average Bonchev–Trinajstić information content (AvgIpc) is 2.50. The monoisotopic (exact) mass is 323 g/mol. The zero-order valence-corrected chi connectivity index (χ0v) is 13.8. The third kappa shape index (κ3) is 4.13. The first-order valence-electron chi connectivity index (χ1n) is 6.98. The van der Waals surface area contributed by atoms with Crippen LogP contribution in [0.3, 0.4) is 0 Å². The van der Waals surface area contributed by atoms with Crippen molar-refractivity contribution in [3.05, 3.63) is 52.0 Å². The van der Waals surface area contributed by atoms with Crippen molar-refractivity contribution in [3.63, 3.8) is 0 Å². The fourth-order valence-corrected chi connectivity index (χ4v) is 2.62. The average molecular weight is 324 g/mol. The molecule has 2 nitrogen and oxygen atoms in total. The van der Waals surface area contributed by atoms with Crippen molar-refractivity contribution in [2.45, 2.75) is 19.9 Å². The van der Waals surface area contributed by atoms with Gasteiger partial charge in [0.1, 0.15) is 5.75 Å². The van der Waals surface area contributed by atoms with Crippen LogP contribution in [0.15, 0.2) is 36.4 Å². The van der Waals surface area contributed by atoms with Crippen molar-refractivity contribution < 1.29 is 4.74 Å². The molecule has 0 heterocycles. The minimum absolute atomic E-state index is 0.561. The number of halogens is 2. The van der Waals surface area contributed by atoms with E-state index in [-0.39, 0.29) is 0 Å². The number of hydrogen-bond donors (Lipinski definition) is 1. The highest BCUT2D eigenvalue weighted by molar-refractivity contribution is 6.36. The molecule has 0 aliphatic carbocycles. The molecular formula is C17H19Cl2NO. The molecule has 4 heteroatoms. The normalized spacial score (nSPS) is 10.7. The van der Waals surface area contributed by atoms with Gasteiger partial charge in [-0.15, -0.1) is 0 Å². The Morgan fingerprint density at radius 3 is 2.38 bits per heavy atom. The Morgan fingerprint density at radius 2 is 1.76 bits per heavy atom. The van der Waals surface area contributed by atoms with E-state index in [1.165, 1.54) is 5.56 Å². The van der Waals surface area contributed by atoms with E-state index in [1.807, 2.05) is 6.07 Å². The summed E-state index contributed by atoms with van der Waals surface area (Å²) in [6, 6.07) is 11.9. The summed E-state index contributed by atoms with van der Waals surface area (Å²) in [4.78, 5) is 0. The second-order valence-electron chi connectivity index (χ2n) is 4.84. The number of methoxy groups -OCH3 is 1. The van der Waals surface area contributed by atoms with E-state index in [4.69, 9.17) is 27.9 Å². The van der Waals surface area contributed by atoms with E-state index < -0.39 is 0 Å². The molecule has 2 aromatic carbocycles. The lowest BCUT2D eigenvalue weighted by molar-refractivity contribution is 0.415. The highest BCUT2D eigenvalue weighted by Gasteiger charge is 2.09. The molecule has 0 saturated heterocycles. The molecule has 0 saturated carbocycles. The molecule has 2 rings (SSSR count). The summed E-state index contributed by atoms with van der Waals surface area (Å²) in [6.45, 7) is 4.07. The maximum Gasteiger partial charge on any atom is 0.138 e. The van der Waals surface area contributed by atoms with Crippen LogP contribution in [-0.4, -0.2) is 13.7 Å². The third-order valence-electron chi connectivity index (χ3n) is 3.26. The Labute approximate surface area is 136 Å². The summed E-state index contributed by atoms with van der Waals surface area (Å²) >= 11 is 12.5. The van der Waals surface area contributed by atoms with Crippen LogP contribution in [-0.2, 0) is 6.54 Å². The summed E-state index contributed by atoms with van der Waals surface area (Å²) in [6.07, 6.45) is 1.14. The van der Waals surface area contributed by atoms with E-state index in [2.05, 4.69) is 36.5 Å². The summed E-state index contributed by atoms with van der Waals surface area (Å²) in [5.74, 6) is 0.589. The van der Waals surface area contributed by atoms with Gasteiger partial charge in [0.2, 0.25) is 0 Å². The molecule has 0 spiro atoms. The first-order chi connectivity index (χ1) is 10.2. The van der Waals surface area contributed by atoms with Crippen molar-refractivity contribution in [3.8, 4) is 16.9 Å². The molecule has 0 aliphatic rings. The summed E-state index contributed by atoms with van der Waals surface area (Å²) in [5, 5.41) is 4.58. The highest BCUT2D eigenvalue weighted by atomic mass is 35.5. The molecule has 112 valence electrons. The lowest BCUT2D eigenvalue weighted by Crippen LogP contribution is -2.13. The first kappa shape index (κ1) is 16.2. The summed E-state index contributed by atoms with van der Waals surface area (Å²) in [7, 11) is 1.58. The maximum atomic E-state index is 6.31. The zero-order chi connectivity index (χ0) is 15.2. The van der Waals surface area contributed by atoms with Gasteiger partial charge in [-0.1, -0.05) is 54.4 Å². The van der Waals surface area contributed by atoms with Crippen LogP contribution in [0.1, 0.15) is 18.9 Å². The van der Waals surface area contributed by atoms with E-state index in [1.54, 1.807) is 13.2 Å². The first-order valence-corrected chi connectivity index (χ1v) is 7.74. The van der Waals surface area contributed by atoms with Crippen LogP contribution in [0.2, 0.25) is 10.0 Å². The third-order valence-corrected chi connectivity index (χ3v) is 3.87. The standard InChI is InChI=1S/C17H19Cl2NO/c1-3-8-20-11-12-4-6-13(7-5-12)14-9-16(19)17(21-2)10-15(14)18/h4-7,9-10,20H,3,8,11H2,1-2H3. The van der Waals surface area contributed by atoms with Crippen LogP contribution in [0.4, 0.5) is 0 Å². The fourth-order valence-electron chi connectivity index (χ4n) is 2.12. The van der Waals surface area contributed by atoms with Gasteiger partial charge in [-0.05, 0) is 30.2 Å². The minimum Gasteiger partial charge on any atom is -0.495 e. The molecule has 0 bridgehead atoms. The van der Waals surface area contributed by atoms with Gasteiger partial charge in [0.05, 0.1) is 17.2 Å². The zero-order valence-electron chi connectivity index (χ0n) is 12.2.